The molecule has 0 bridgehead atoms. The molecule has 0 saturated heterocycles. The van der Waals surface area contributed by atoms with Crippen LogP contribution in [0.5, 0.6) is 0 Å². The van der Waals surface area contributed by atoms with E-state index in [0.29, 0.717) is 0 Å². The third-order valence-electron chi connectivity index (χ3n) is 3.43. The van der Waals surface area contributed by atoms with Crippen LogP contribution in [0.15, 0.2) is 85.5 Å². The Balaban J connectivity index is 2.27. The summed E-state index contributed by atoms with van der Waals surface area (Å²) in [5.74, 6) is 0. The van der Waals surface area contributed by atoms with Crippen LogP contribution in [0.4, 0.5) is 0 Å². The van der Waals surface area contributed by atoms with Gasteiger partial charge in [-0.1, -0.05) is 85.5 Å². The molecule has 0 aliphatic heterocycles. The Bertz CT molecular complexity index is 683. The molecule has 0 amide bonds. The normalized spacial score (nSPS) is 12.6. The van der Waals surface area contributed by atoms with E-state index in [1.807, 2.05) is 54.6 Å². The van der Waals surface area contributed by atoms with Crippen molar-refractivity contribution in [2.45, 2.75) is 6.92 Å². The van der Waals surface area contributed by atoms with Crippen molar-refractivity contribution in [1.29, 1.82) is 0 Å². The van der Waals surface area contributed by atoms with E-state index in [-0.39, 0.29) is 0 Å². The van der Waals surface area contributed by atoms with E-state index >= 15 is 0 Å². The molecule has 3 heteroatoms. The minimum absolute atomic E-state index is 1.00. The average molecular weight is 345 g/mol. The third kappa shape index (κ3) is 4.01. The van der Waals surface area contributed by atoms with Gasteiger partial charge in [-0.15, -0.1) is 22.2 Å². The summed E-state index contributed by atoms with van der Waals surface area (Å²) < 4.78 is 0. The van der Waals surface area contributed by atoms with Crippen LogP contribution in [0.3, 0.4) is 0 Å². The lowest BCUT2D eigenvalue weighted by Crippen LogP contribution is -2.48. The number of allylic oxidation sites excluding steroid dienone is 5. The standard InChI is InChI=1S/C19H18Cl2Si/c1-3-4-6-9-16(2)17-12-14-19(15-13-17)22(20,21)18-10-7-5-8-11-18/h3-15H,1H2,2H3/b6-4-,16-9+. The third-order valence-corrected chi connectivity index (χ3v) is 8.17. The molecule has 2 rings (SSSR count). The van der Waals surface area contributed by atoms with E-state index in [1.165, 1.54) is 5.57 Å². The summed E-state index contributed by atoms with van der Waals surface area (Å²) in [4.78, 5) is 0. The van der Waals surface area contributed by atoms with Crippen LogP contribution in [0.25, 0.3) is 5.57 Å². The molecular formula is C19H18Cl2Si. The van der Waals surface area contributed by atoms with E-state index in [9.17, 15) is 0 Å². The molecule has 0 atom stereocenters. The Labute approximate surface area is 142 Å². The second-order valence-electron chi connectivity index (χ2n) is 4.99. The van der Waals surface area contributed by atoms with Gasteiger partial charge in [0.05, 0.1) is 0 Å². The van der Waals surface area contributed by atoms with Gasteiger partial charge in [-0.2, -0.15) is 0 Å². The molecule has 0 heterocycles. The predicted molar refractivity (Wildman–Crippen MR) is 103 cm³/mol. The molecule has 0 spiro atoms. The zero-order valence-electron chi connectivity index (χ0n) is 12.5. The molecule has 0 fully saturated rings. The fraction of sp³-hybridized carbons (Fsp3) is 0.0526. The first-order chi connectivity index (χ1) is 10.6. The summed E-state index contributed by atoms with van der Waals surface area (Å²) in [6.07, 6.45) is 7.69. The van der Waals surface area contributed by atoms with E-state index < -0.39 is 6.69 Å². The Morgan fingerprint density at radius 3 is 2.09 bits per heavy atom. The molecule has 0 N–H and O–H groups in total. The van der Waals surface area contributed by atoms with E-state index in [0.717, 1.165) is 15.9 Å². The summed E-state index contributed by atoms with van der Waals surface area (Å²) >= 11 is 13.4. The van der Waals surface area contributed by atoms with Crippen molar-refractivity contribution in [3.63, 3.8) is 0 Å². The van der Waals surface area contributed by atoms with Crippen LogP contribution in [0.2, 0.25) is 0 Å². The van der Waals surface area contributed by atoms with Gasteiger partial charge < -0.3 is 0 Å². The number of benzene rings is 2. The molecule has 22 heavy (non-hydrogen) atoms. The zero-order chi connectivity index (χ0) is 16.0. The number of rotatable bonds is 5. The monoisotopic (exact) mass is 344 g/mol. The van der Waals surface area contributed by atoms with Crippen molar-refractivity contribution < 1.29 is 0 Å². The minimum atomic E-state index is -2.65. The average Bonchev–Trinajstić information content (AvgIpc) is 2.56. The fourth-order valence-electron chi connectivity index (χ4n) is 2.13. The van der Waals surface area contributed by atoms with Gasteiger partial charge in [-0.25, -0.2) is 0 Å². The SMILES string of the molecule is C=C/C=C\C=C(/C)c1ccc([Si](Cl)(Cl)c2ccccc2)cc1. The van der Waals surface area contributed by atoms with Crippen LogP contribution >= 0.6 is 22.2 Å². The molecule has 2 aromatic carbocycles. The van der Waals surface area contributed by atoms with Crippen LogP contribution in [0.1, 0.15) is 12.5 Å². The van der Waals surface area contributed by atoms with Gasteiger partial charge in [0.2, 0.25) is 0 Å². The lowest BCUT2D eigenvalue weighted by molar-refractivity contribution is 1.58. The topological polar surface area (TPSA) is 0 Å². The second kappa shape index (κ2) is 7.64. The minimum Gasteiger partial charge on any atom is -0.134 e. The van der Waals surface area contributed by atoms with E-state index in [2.05, 4.69) is 31.7 Å². The van der Waals surface area contributed by atoms with Crippen LogP contribution in [-0.4, -0.2) is 6.69 Å². The second-order valence-corrected chi connectivity index (χ2v) is 11.3. The molecule has 112 valence electrons. The van der Waals surface area contributed by atoms with Crippen LogP contribution in [0, 0.1) is 0 Å². The zero-order valence-corrected chi connectivity index (χ0v) is 15.0. The summed E-state index contributed by atoms with van der Waals surface area (Å²) in [5.41, 5.74) is 2.34. The highest BCUT2D eigenvalue weighted by molar-refractivity contribution is 7.56. The van der Waals surface area contributed by atoms with Gasteiger partial charge in [0.15, 0.2) is 0 Å². The highest BCUT2D eigenvalue weighted by Crippen LogP contribution is 2.18. The summed E-state index contributed by atoms with van der Waals surface area (Å²) in [6.45, 7) is 3.09. The molecular weight excluding hydrogens is 327 g/mol. The molecule has 0 nitrogen and oxygen atoms in total. The largest absolute Gasteiger partial charge is 0.310 e. The van der Waals surface area contributed by atoms with Gasteiger partial charge in [0.1, 0.15) is 0 Å². The first-order valence-electron chi connectivity index (χ1n) is 7.06. The van der Waals surface area contributed by atoms with Crippen molar-refractivity contribution in [1.82, 2.24) is 0 Å². The lowest BCUT2D eigenvalue weighted by Gasteiger charge is -2.18. The number of hydrogen-bond donors (Lipinski definition) is 0. The lowest BCUT2D eigenvalue weighted by atomic mass is 10.1. The van der Waals surface area contributed by atoms with Crippen LogP contribution in [-0.2, 0) is 0 Å². The molecule has 0 aromatic heterocycles. The molecule has 0 unspecified atom stereocenters. The van der Waals surface area contributed by atoms with Gasteiger partial charge >= 0.3 is 6.69 Å². The van der Waals surface area contributed by atoms with Crippen molar-refractivity contribution in [3.05, 3.63) is 91.0 Å². The summed E-state index contributed by atoms with van der Waals surface area (Å²) in [6, 6.07) is 18.1. The summed E-state index contributed by atoms with van der Waals surface area (Å²) in [5, 5.41) is 2.01. The molecule has 0 aliphatic rings. The van der Waals surface area contributed by atoms with E-state index in [1.54, 1.807) is 6.08 Å². The maximum atomic E-state index is 6.69. The first-order valence-corrected chi connectivity index (χ1v) is 11.1. The van der Waals surface area contributed by atoms with Crippen molar-refractivity contribution in [2.75, 3.05) is 0 Å². The van der Waals surface area contributed by atoms with Crippen molar-refractivity contribution in [2.24, 2.45) is 0 Å². The highest BCUT2D eigenvalue weighted by atomic mass is 35.7. The molecule has 2 aromatic rings. The molecule has 0 saturated carbocycles. The summed E-state index contributed by atoms with van der Waals surface area (Å²) in [7, 11) is 0. The fourth-order valence-corrected chi connectivity index (χ4v) is 5.17. The van der Waals surface area contributed by atoms with Gasteiger partial charge in [-0.3, -0.25) is 0 Å². The molecule has 0 aliphatic carbocycles. The number of hydrogen-bond acceptors (Lipinski definition) is 0. The van der Waals surface area contributed by atoms with Crippen LogP contribution < -0.4 is 10.4 Å². The smallest absolute Gasteiger partial charge is 0.134 e. The Morgan fingerprint density at radius 2 is 1.50 bits per heavy atom. The van der Waals surface area contributed by atoms with Gasteiger partial charge in [-0.05, 0) is 28.4 Å². The van der Waals surface area contributed by atoms with Gasteiger partial charge in [0, 0.05) is 0 Å². The predicted octanol–water partition coefficient (Wildman–Crippen LogP) is 4.87. The first kappa shape index (κ1) is 16.8. The number of halogens is 2. The quantitative estimate of drug-likeness (QED) is 0.412. The Hall–Kier alpha value is -1.54. The molecule has 0 radical (unpaired) electrons. The maximum Gasteiger partial charge on any atom is 0.310 e. The van der Waals surface area contributed by atoms with Crippen molar-refractivity contribution >= 4 is 44.8 Å². The Morgan fingerprint density at radius 1 is 0.909 bits per heavy atom. The van der Waals surface area contributed by atoms with E-state index in [4.69, 9.17) is 22.2 Å². The van der Waals surface area contributed by atoms with Gasteiger partial charge in [0.25, 0.3) is 0 Å². The van der Waals surface area contributed by atoms with Crippen molar-refractivity contribution in [3.8, 4) is 0 Å². The Kier molecular flexibility index (Phi) is 5.84. The maximum absolute atomic E-state index is 6.69. The highest BCUT2D eigenvalue weighted by Gasteiger charge is 2.33.